The molecule has 0 aliphatic carbocycles. The van der Waals surface area contributed by atoms with Crippen LogP contribution in [0.4, 0.5) is 15.0 Å². The van der Waals surface area contributed by atoms with Crippen molar-refractivity contribution in [2.24, 2.45) is 0 Å². The molecule has 2 aromatic rings. The topological polar surface area (TPSA) is 99.6 Å². The molecule has 2 rings (SSSR count). The van der Waals surface area contributed by atoms with Crippen LogP contribution < -0.4 is 10.1 Å². The normalized spacial score (nSPS) is 10.0. The van der Waals surface area contributed by atoms with E-state index in [0.717, 1.165) is 11.8 Å². The summed E-state index contributed by atoms with van der Waals surface area (Å²) in [4.78, 5) is 30.1. The summed E-state index contributed by atoms with van der Waals surface area (Å²) in [5, 5.41) is 2.07. The van der Waals surface area contributed by atoms with Crippen molar-refractivity contribution in [2.45, 2.75) is 13.5 Å². The highest BCUT2D eigenvalue weighted by Crippen LogP contribution is 2.14. The Bertz CT molecular complexity index is 727. The number of amides is 1. The Morgan fingerprint density at radius 1 is 1.20 bits per heavy atom. The fraction of sp³-hybridized carbons (Fsp3) is 0.250. The van der Waals surface area contributed by atoms with Crippen LogP contribution in [0.3, 0.4) is 0 Å². The van der Waals surface area contributed by atoms with Crippen LogP contribution in [-0.2, 0) is 20.9 Å². The van der Waals surface area contributed by atoms with Crippen LogP contribution in [0.1, 0.15) is 12.5 Å². The molecule has 1 aromatic heterocycles. The van der Waals surface area contributed by atoms with Crippen LogP contribution >= 0.6 is 0 Å². The zero-order valence-electron chi connectivity index (χ0n) is 13.4. The van der Waals surface area contributed by atoms with Crippen molar-refractivity contribution in [3.8, 4) is 6.01 Å². The third-order valence-corrected chi connectivity index (χ3v) is 2.78. The molecule has 0 unspecified atom stereocenters. The van der Waals surface area contributed by atoms with Gasteiger partial charge in [0.25, 0.3) is 0 Å². The molecule has 0 spiro atoms. The molecule has 1 amide bonds. The van der Waals surface area contributed by atoms with Gasteiger partial charge in [0.15, 0.2) is 18.2 Å². The van der Waals surface area contributed by atoms with Gasteiger partial charge in [0.2, 0.25) is 0 Å². The number of hydrogen-bond donors (Lipinski definition) is 1. The van der Waals surface area contributed by atoms with Gasteiger partial charge in [0.05, 0.1) is 12.8 Å². The molecule has 25 heavy (non-hydrogen) atoms. The average molecular weight is 349 g/mol. The highest BCUT2D eigenvalue weighted by atomic mass is 19.1. The van der Waals surface area contributed by atoms with Gasteiger partial charge in [0.1, 0.15) is 6.61 Å². The molecule has 0 fully saturated rings. The van der Waals surface area contributed by atoms with E-state index in [0.29, 0.717) is 0 Å². The molecule has 0 saturated carbocycles. The minimum absolute atomic E-state index is 0.119. The van der Waals surface area contributed by atoms with Gasteiger partial charge in [-0.1, -0.05) is 30.3 Å². The molecule has 0 radical (unpaired) electrons. The number of benzene rings is 1. The number of hydrogen-bond acceptors (Lipinski definition) is 7. The fourth-order valence-electron chi connectivity index (χ4n) is 1.69. The molecule has 0 aliphatic rings. The van der Waals surface area contributed by atoms with E-state index in [1.807, 2.05) is 30.3 Å². The Hall–Kier alpha value is -3.23. The number of esters is 1. The molecule has 1 heterocycles. The molecule has 0 aliphatic heterocycles. The summed E-state index contributed by atoms with van der Waals surface area (Å²) in [6.45, 7) is 1.36. The molecule has 0 bridgehead atoms. The first-order valence-electron chi connectivity index (χ1n) is 7.37. The maximum absolute atomic E-state index is 13.7. The summed E-state index contributed by atoms with van der Waals surface area (Å²) < 4.78 is 28.2. The largest absolute Gasteiger partial charge is 0.463 e. The van der Waals surface area contributed by atoms with Crippen molar-refractivity contribution in [1.29, 1.82) is 0 Å². The third-order valence-electron chi connectivity index (χ3n) is 2.78. The Morgan fingerprint density at radius 3 is 2.68 bits per heavy atom. The van der Waals surface area contributed by atoms with Crippen LogP contribution in [0.5, 0.6) is 6.01 Å². The Kier molecular flexibility index (Phi) is 6.64. The van der Waals surface area contributed by atoms with E-state index in [1.165, 1.54) is 0 Å². The minimum Gasteiger partial charge on any atom is -0.463 e. The van der Waals surface area contributed by atoms with E-state index >= 15 is 0 Å². The fourth-order valence-corrected chi connectivity index (χ4v) is 1.69. The Morgan fingerprint density at radius 2 is 1.96 bits per heavy atom. The van der Waals surface area contributed by atoms with Gasteiger partial charge in [-0.15, -0.1) is 0 Å². The van der Waals surface area contributed by atoms with Crippen LogP contribution in [0.25, 0.3) is 0 Å². The van der Waals surface area contributed by atoms with Gasteiger partial charge in [-0.05, 0) is 12.5 Å². The molecular weight excluding hydrogens is 333 g/mol. The summed E-state index contributed by atoms with van der Waals surface area (Å²) in [6, 6.07) is 9.12. The smallest absolute Gasteiger partial charge is 0.413 e. The highest BCUT2D eigenvalue weighted by molar-refractivity contribution is 5.85. The average Bonchev–Trinajstić information content (AvgIpc) is 2.62. The minimum atomic E-state index is -1.06. The van der Waals surface area contributed by atoms with E-state index in [1.54, 1.807) is 6.92 Å². The maximum Gasteiger partial charge on any atom is 0.413 e. The number of anilines is 1. The molecule has 0 saturated heterocycles. The van der Waals surface area contributed by atoms with Crippen molar-refractivity contribution in [2.75, 3.05) is 18.5 Å². The number of nitrogens with zero attached hydrogens (tertiary/aromatic N) is 2. The Balaban J connectivity index is 1.91. The summed E-state index contributed by atoms with van der Waals surface area (Å²) in [5.41, 5.74) is 0.874. The zero-order valence-corrected chi connectivity index (χ0v) is 13.4. The molecule has 1 N–H and O–H groups in total. The number of halogens is 1. The van der Waals surface area contributed by atoms with E-state index in [2.05, 4.69) is 24.8 Å². The summed E-state index contributed by atoms with van der Waals surface area (Å²) in [5.74, 6) is -2.01. The van der Waals surface area contributed by atoms with E-state index in [4.69, 9.17) is 4.74 Å². The van der Waals surface area contributed by atoms with Gasteiger partial charge >= 0.3 is 18.1 Å². The van der Waals surface area contributed by atoms with Crippen molar-refractivity contribution in [1.82, 2.24) is 9.97 Å². The van der Waals surface area contributed by atoms with Crippen LogP contribution in [0.2, 0.25) is 0 Å². The lowest BCUT2D eigenvalue weighted by Gasteiger charge is -2.08. The lowest BCUT2D eigenvalue weighted by atomic mass is 10.2. The first kappa shape index (κ1) is 18.1. The van der Waals surface area contributed by atoms with Crippen molar-refractivity contribution in [3.05, 3.63) is 47.9 Å². The second-order valence-electron chi connectivity index (χ2n) is 4.63. The number of carbonyl (C=O) groups is 2. The molecule has 0 atom stereocenters. The molecule has 8 nitrogen and oxygen atoms in total. The highest BCUT2D eigenvalue weighted by Gasteiger charge is 2.14. The standard InChI is InChI=1S/C16H16FN3O5/c1-2-23-13(21)10-25-16(22)20-14-12(17)8-18-15(19-14)24-9-11-6-4-3-5-7-11/h3-8H,2,9-10H2,1H3,(H,18,19,20,22). The van der Waals surface area contributed by atoms with E-state index in [-0.39, 0.29) is 19.2 Å². The monoisotopic (exact) mass is 349 g/mol. The maximum atomic E-state index is 13.7. The van der Waals surface area contributed by atoms with Crippen molar-refractivity contribution < 1.29 is 28.2 Å². The van der Waals surface area contributed by atoms with Crippen molar-refractivity contribution >= 4 is 17.9 Å². The summed E-state index contributed by atoms with van der Waals surface area (Å²) in [6.07, 6.45) is -0.200. The number of rotatable bonds is 7. The van der Waals surface area contributed by atoms with Crippen LogP contribution in [0.15, 0.2) is 36.5 Å². The molecule has 9 heteroatoms. The third kappa shape index (κ3) is 6.05. The van der Waals surface area contributed by atoms with E-state index < -0.39 is 30.3 Å². The first-order chi connectivity index (χ1) is 12.1. The van der Waals surface area contributed by atoms with Gasteiger partial charge in [0, 0.05) is 0 Å². The number of aromatic nitrogens is 2. The lowest BCUT2D eigenvalue weighted by Crippen LogP contribution is -2.21. The van der Waals surface area contributed by atoms with Gasteiger partial charge in [-0.25, -0.2) is 19.0 Å². The zero-order chi connectivity index (χ0) is 18.1. The van der Waals surface area contributed by atoms with E-state index in [9.17, 15) is 14.0 Å². The van der Waals surface area contributed by atoms with Crippen molar-refractivity contribution in [3.63, 3.8) is 0 Å². The van der Waals surface area contributed by atoms with Crippen LogP contribution in [0, 0.1) is 5.82 Å². The lowest BCUT2D eigenvalue weighted by molar-refractivity contribution is -0.146. The van der Waals surface area contributed by atoms with Gasteiger partial charge in [-0.2, -0.15) is 4.98 Å². The number of nitrogens with one attached hydrogen (secondary N) is 1. The second kappa shape index (κ2) is 9.16. The van der Waals surface area contributed by atoms with Gasteiger partial charge in [-0.3, -0.25) is 5.32 Å². The quantitative estimate of drug-likeness (QED) is 0.766. The summed E-state index contributed by atoms with van der Waals surface area (Å²) in [7, 11) is 0. The predicted molar refractivity (Wildman–Crippen MR) is 84.4 cm³/mol. The molecular formula is C16H16FN3O5. The number of ether oxygens (including phenoxy) is 3. The second-order valence-corrected chi connectivity index (χ2v) is 4.63. The molecule has 132 valence electrons. The molecule has 1 aromatic carbocycles. The Labute approximate surface area is 142 Å². The predicted octanol–water partition coefficient (Wildman–Crippen LogP) is 2.31. The number of carbonyl (C=O) groups excluding carboxylic acids is 2. The van der Waals surface area contributed by atoms with Crippen LogP contribution in [-0.4, -0.2) is 35.2 Å². The SMILES string of the molecule is CCOC(=O)COC(=O)Nc1nc(OCc2ccccc2)ncc1F. The first-order valence-corrected chi connectivity index (χ1v) is 7.37. The summed E-state index contributed by atoms with van der Waals surface area (Å²) >= 11 is 0. The van der Waals surface area contributed by atoms with Gasteiger partial charge < -0.3 is 14.2 Å².